The highest BCUT2D eigenvalue weighted by Gasteiger charge is 2.02. The Labute approximate surface area is 119 Å². The zero-order valence-corrected chi connectivity index (χ0v) is 12.0. The topological polar surface area (TPSA) is 34.9 Å². The number of aromatic nitrogens is 2. The van der Waals surface area contributed by atoms with Crippen LogP contribution < -0.4 is 0 Å². The van der Waals surface area contributed by atoms with Crippen LogP contribution in [0.5, 0.6) is 0 Å². The van der Waals surface area contributed by atoms with Crippen LogP contribution in [-0.4, -0.2) is 15.6 Å². The van der Waals surface area contributed by atoms with Gasteiger partial charge in [0.1, 0.15) is 0 Å². The number of ketones is 1. The minimum atomic E-state index is 0.0240. The maximum Gasteiger partial charge on any atom is 0.185 e. The van der Waals surface area contributed by atoms with Gasteiger partial charge in [0.2, 0.25) is 0 Å². The molecule has 20 heavy (non-hydrogen) atoms. The van der Waals surface area contributed by atoms with Crippen molar-refractivity contribution < 1.29 is 4.79 Å². The fourth-order valence-corrected chi connectivity index (χ4v) is 2.01. The van der Waals surface area contributed by atoms with Crippen molar-refractivity contribution in [2.75, 3.05) is 0 Å². The quantitative estimate of drug-likeness (QED) is 0.592. The Morgan fingerprint density at radius 2 is 2.05 bits per heavy atom. The van der Waals surface area contributed by atoms with Gasteiger partial charge in [-0.15, -0.1) is 0 Å². The highest BCUT2D eigenvalue weighted by molar-refractivity contribution is 6.06. The average molecular weight is 268 g/mol. The summed E-state index contributed by atoms with van der Waals surface area (Å²) in [5.41, 5.74) is 2.95. The number of rotatable bonds is 6. The second-order valence-corrected chi connectivity index (χ2v) is 4.95. The summed E-state index contributed by atoms with van der Waals surface area (Å²) in [7, 11) is 1.86. The number of carbonyl (C=O) groups is 1. The monoisotopic (exact) mass is 268 g/mol. The number of hydrogen-bond donors (Lipinski definition) is 0. The number of benzene rings is 1. The van der Waals surface area contributed by atoms with Gasteiger partial charge in [0.25, 0.3) is 0 Å². The average Bonchev–Trinajstić information content (AvgIpc) is 2.89. The third kappa shape index (κ3) is 3.92. The first-order valence-electron chi connectivity index (χ1n) is 6.99. The van der Waals surface area contributed by atoms with E-state index in [1.54, 1.807) is 23.0 Å². The zero-order valence-electron chi connectivity index (χ0n) is 12.0. The number of aryl methyl sites for hydroxylation is 2. The lowest BCUT2D eigenvalue weighted by atomic mass is 10.0. The molecule has 1 heterocycles. The Balaban J connectivity index is 2.00. The molecule has 0 unspecified atom stereocenters. The van der Waals surface area contributed by atoms with E-state index in [0.717, 1.165) is 17.5 Å². The van der Waals surface area contributed by atoms with Gasteiger partial charge in [-0.3, -0.25) is 9.48 Å². The number of hydrogen-bond acceptors (Lipinski definition) is 2. The first-order valence-corrected chi connectivity index (χ1v) is 6.99. The van der Waals surface area contributed by atoms with Crippen molar-refractivity contribution in [1.29, 1.82) is 0 Å². The van der Waals surface area contributed by atoms with Crippen molar-refractivity contribution in [3.8, 4) is 0 Å². The molecule has 0 atom stereocenters. The molecule has 0 saturated heterocycles. The van der Waals surface area contributed by atoms with Crippen molar-refractivity contribution in [2.24, 2.45) is 7.05 Å². The minimum absolute atomic E-state index is 0.0240. The van der Waals surface area contributed by atoms with Crippen LogP contribution in [0.4, 0.5) is 0 Å². The number of allylic oxidation sites excluding steroid dienone is 1. The second-order valence-electron chi connectivity index (χ2n) is 4.95. The molecule has 0 aliphatic rings. The van der Waals surface area contributed by atoms with Gasteiger partial charge in [-0.2, -0.15) is 5.10 Å². The summed E-state index contributed by atoms with van der Waals surface area (Å²) < 4.78 is 1.71. The summed E-state index contributed by atoms with van der Waals surface area (Å²) in [6.45, 7) is 2.18. The molecule has 0 spiro atoms. The molecule has 0 radical (unpaired) electrons. The molecule has 0 saturated carbocycles. The molecular weight excluding hydrogens is 248 g/mol. The summed E-state index contributed by atoms with van der Waals surface area (Å²) in [5.74, 6) is 0.0240. The Kier molecular flexibility index (Phi) is 4.88. The van der Waals surface area contributed by atoms with Crippen molar-refractivity contribution >= 4 is 11.9 Å². The predicted octanol–water partition coefficient (Wildman–Crippen LogP) is 3.66. The molecule has 0 aliphatic heterocycles. The van der Waals surface area contributed by atoms with Crippen molar-refractivity contribution in [3.63, 3.8) is 0 Å². The van der Waals surface area contributed by atoms with Gasteiger partial charge in [0.05, 0.1) is 6.20 Å². The molecule has 3 heteroatoms. The molecule has 0 fully saturated rings. The van der Waals surface area contributed by atoms with Gasteiger partial charge in [0, 0.05) is 24.4 Å². The summed E-state index contributed by atoms with van der Waals surface area (Å²) in [4.78, 5) is 12.0. The van der Waals surface area contributed by atoms with Crippen LogP contribution >= 0.6 is 0 Å². The van der Waals surface area contributed by atoms with Crippen LogP contribution in [0.1, 0.15) is 41.3 Å². The normalized spacial score (nSPS) is 11.1. The zero-order chi connectivity index (χ0) is 14.4. The first-order chi connectivity index (χ1) is 9.69. The van der Waals surface area contributed by atoms with Gasteiger partial charge in [-0.1, -0.05) is 37.6 Å². The van der Waals surface area contributed by atoms with Gasteiger partial charge >= 0.3 is 0 Å². The molecule has 1 aromatic carbocycles. The summed E-state index contributed by atoms with van der Waals surface area (Å²) in [6.07, 6.45) is 10.5. The lowest BCUT2D eigenvalue weighted by molar-refractivity contribution is 0.104. The van der Waals surface area contributed by atoms with E-state index in [4.69, 9.17) is 0 Å². The molecule has 0 amide bonds. The number of nitrogens with zero attached hydrogens (tertiary/aromatic N) is 2. The summed E-state index contributed by atoms with van der Waals surface area (Å²) >= 11 is 0. The Morgan fingerprint density at radius 1 is 1.30 bits per heavy atom. The molecule has 2 rings (SSSR count). The Bertz CT molecular complexity index is 594. The summed E-state index contributed by atoms with van der Waals surface area (Å²) in [5, 5.41) is 4.06. The van der Waals surface area contributed by atoms with E-state index >= 15 is 0 Å². The van der Waals surface area contributed by atoms with Crippen LogP contribution in [0, 0.1) is 0 Å². The number of unbranched alkanes of at least 4 members (excludes halogenated alkanes) is 1. The smallest absolute Gasteiger partial charge is 0.185 e. The van der Waals surface area contributed by atoms with Crippen LogP contribution in [0.15, 0.2) is 42.7 Å². The fourth-order valence-electron chi connectivity index (χ4n) is 2.01. The van der Waals surface area contributed by atoms with Crippen LogP contribution in [0.3, 0.4) is 0 Å². The summed E-state index contributed by atoms with van der Waals surface area (Å²) in [6, 6.07) is 7.89. The maximum absolute atomic E-state index is 12.0. The first kappa shape index (κ1) is 14.3. The molecule has 0 aliphatic carbocycles. The van der Waals surface area contributed by atoms with Gasteiger partial charge < -0.3 is 0 Å². The van der Waals surface area contributed by atoms with Crippen LogP contribution in [-0.2, 0) is 13.5 Å². The second kappa shape index (κ2) is 6.85. The Morgan fingerprint density at radius 3 is 2.65 bits per heavy atom. The molecule has 3 nitrogen and oxygen atoms in total. The molecular formula is C17H20N2O. The van der Waals surface area contributed by atoms with Crippen molar-refractivity contribution in [2.45, 2.75) is 26.2 Å². The standard InChI is InChI=1S/C17H20N2O/c1-3-4-5-14-6-9-16(10-7-14)17(20)11-8-15-12-18-19(2)13-15/h6-13H,3-5H2,1-2H3. The lowest BCUT2D eigenvalue weighted by Crippen LogP contribution is -1.94. The Hall–Kier alpha value is -2.16. The van der Waals surface area contributed by atoms with E-state index in [1.165, 1.54) is 18.4 Å². The van der Waals surface area contributed by atoms with E-state index in [-0.39, 0.29) is 5.78 Å². The molecule has 2 aromatic rings. The largest absolute Gasteiger partial charge is 0.289 e. The van der Waals surface area contributed by atoms with E-state index in [2.05, 4.69) is 12.0 Å². The fraction of sp³-hybridized carbons (Fsp3) is 0.294. The predicted molar refractivity (Wildman–Crippen MR) is 81.6 cm³/mol. The van der Waals surface area contributed by atoms with E-state index in [0.29, 0.717) is 0 Å². The highest BCUT2D eigenvalue weighted by Crippen LogP contribution is 2.10. The molecule has 1 aromatic heterocycles. The van der Waals surface area contributed by atoms with E-state index < -0.39 is 0 Å². The maximum atomic E-state index is 12.0. The SMILES string of the molecule is CCCCc1ccc(C(=O)C=Cc2cnn(C)c2)cc1. The molecule has 104 valence electrons. The van der Waals surface area contributed by atoms with E-state index in [1.807, 2.05) is 37.5 Å². The van der Waals surface area contributed by atoms with Crippen LogP contribution in [0.25, 0.3) is 6.08 Å². The van der Waals surface area contributed by atoms with Gasteiger partial charge in [0.15, 0.2) is 5.78 Å². The van der Waals surface area contributed by atoms with E-state index in [9.17, 15) is 4.79 Å². The highest BCUT2D eigenvalue weighted by atomic mass is 16.1. The van der Waals surface area contributed by atoms with Gasteiger partial charge in [-0.05, 0) is 30.6 Å². The molecule has 0 N–H and O–H groups in total. The van der Waals surface area contributed by atoms with Gasteiger partial charge in [-0.25, -0.2) is 0 Å². The third-order valence-electron chi connectivity index (χ3n) is 3.21. The van der Waals surface area contributed by atoms with Crippen molar-refractivity contribution in [1.82, 2.24) is 9.78 Å². The van der Waals surface area contributed by atoms with Crippen molar-refractivity contribution in [3.05, 3.63) is 59.4 Å². The minimum Gasteiger partial charge on any atom is -0.289 e. The number of carbonyl (C=O) groups excluding carboxylic acids is 1. The molecule has 0 bridgehead atoms. The third-order valence-corrected chi connectivity index (χ3v) is 3.21. The lowest BCUT2D eigenvalue weighted by Gasteiger charge is -2.01. The van der Waals surface area contributed by atoms with Crippen LogP contribution in [0.2, 0.25) is 0 Å².